The van der Waals surface area contributed by atoms with E-state index >= 15 is 0 Å². The van der Waals surface area contributed by atoms with Crippen molar-refractivity contribution in [3.05, 3.63) is 0 Å². The van der Waals surface area contributed by atoms with Crippen LogP contribution in [-0.2, 0) is 24.2 Å². The van der Waals surface area contributed by atoms with Crippen LogP contribution in [0.1, 0.15) is 13.8 Å². The van der Waals surface area contributed by atoms with Crippen LogP contribution in [0.15, 0.2) is 0 Å². The number of nitrogens with zero attached hydrogens (tertiary/aromatic N) is 1. The molecule has 0 heterocycles. The summed E-state index contributed by atoms with van der Waals surface area (Å²) >= 11 is 0. The Morgan fingerprint density at radius 3 is 2.32 bits per heavy atom. The quantitative estimate of drug-likeness (QED) is 0.622. The number of ether oxygens (including phenoxy) is 1. The van der Waals surface area contributed by atoms with E-state index in [-0.39, 0.29) is 24.8 Å². The molecule has 7 nitrogen and oxygen atoms in total. The summed E-state index contributed by atoms with van der Waals surface area (Å²) in [5.41, 5.74) is 0. The maximum Gasteiger partial charge on any atom is 0.323 e. The first-order valence-corrected chi connectivity index (χ1v) is 7.69. The molecule has 0 aromatic carbocycles. The molecule has 0 bridgehead atoms. The van der Waals surface area contributed by atoms with Crippen molar-refractivity contribution in [2.45, 2.75) is 13.8 Å². The second-order valence-electron chi connectivity index (χ2n) is 4.65. The Morgan fingerprint density at radius 2 is 1.89 bits per heavy atom. The molecule has 0 rings (SSSR count). The largest absolute Gasteiger partial charge is 0.480 e. The third kappa shape index (κ3) is 8.55. The maximum absolute atomic E-state index is 11.8. The van der Waals surface area contributed by atoms with E-state index in [9.17, 15) is 18.0 Å². The van der Waals surface area contributed by atoms with E-state index in [0.29, 0.717) is 0 Å². The van der Waals surface area contributed by atoms with E-state index in [1.807, 2.05) is 0 Å². The number of sulfone groups is 1. The van der Waals surface area contributed by atoms with E-state index in [0.717, 1.165) is 4.90 Å². The Morgan fingerprint density at radius 1 is 1.32 bits per heavy atom. The van der Waals surface area contributed by atoms with Crippen LogP contribution < -0.4 is 0 Å². The van der Waals surface area contributed by atoms with Crippen molar-refractivity contribution in [1.29, 1.82) is 0 Å². The summed E-state index contributed by atoms with van der Waals surface area (Å²) in [6.07, 6.45) is 0. The minimum absolute atomic E-state index is 0.0544. The van der Waals surface area contributed by atoms with Gasteiger partial charge >= 0.3 is 5.97 Å². The van der Waals surface area contributed by atoms with Crippen LogP contribution in [0.2, 0.25) is 0 Å². The second kappa shape index (κ2) is 8.11. The molecule has 0 fully saturated rings. The van der Waals surface area contributed by atoms with Crippen LogP contribution >= 0.6 is 0 Å². The molecular formula is C11H21NO6S. The Balaban J connectivity index is 4.66. The van der Waals surface area contributed by atoms with E-state index in [2.05, 4.69) is 0 Å². The van der Waals surface area contributed by atoms with Gasteiger partial charge in [-0.15, -0.1) is 0 Å². The van der Waals surface area contributed by atoms with Gasteiger partial charge in [0.1, 0.15) is 12.3 Å². The summed E-state index contributed by atoms with van der Waals surface area (Å²) in [5, 5.41) is 8.69. The number of rotatable bonds is 9. The molecule has 112 valence electrons. The van der Waals surface area contributed by atoms with Crippen molar-refractivity contribution in [2.75, 3.05) is 38.3 Å². The number of carbonyl (C=O) groups excluding carboxylic acids is 1. The highest BCUT2D eigenvalue weighted by atomic mass is 32.2. The zero-order valence-electron chi connectivity index (χ0n) is 11.5. The van der Waals surface area contributed by atoms with Crippen LogP contribution in [0, 0.1) is 5.92 Å². The summed E-state index contributed by atoms with van der Waals surface area (Å²) in [5.74, 6) is -2.73. The van der Waals surface area contributed by atoms with E-state index in [4.69, 9.17) is 9.84 Å². The van der Waals surface area contributed by atoms with Crippen molar-refractivity contribution in [3.63, 3.8) is 0 Å². The molecular weight excluding hydrogens is 274 g/mol. The number of methoxy groups -OCH3 is 1. The Bertz CT molecular complexity index is 403. The summed E-state index contributed by atoms with van der Waals surface area (Å²) < 4.78 is 28.1. The molecule has 19 heavy (non-hydrogen) atoms. The van der Waals surface area contributed by atoms with Gasteiger partial charge in [-0.05, 0) is 5.92 Å². The fraction of sp³-hybridized carbons (Fsp3) is 0.818. The second-order valence-corrected chi connectivity index (χ2v) is 6.76. The minimum Gasteiger partial charge on any atom is -0.480 e. The monoisotopic (exact) mass is 295 g/mol. The molecule has 0 atom stereocenters. The maximum atomic E-state index is 11.8. The van der Waals surface area contributed by atoms with E-state index in [1.165, 1.54) is 7.11 Å². The summed E-state index contributed by atoms with van der Waals surface area (Å²) in [4.78, 5) is 23.4. The van der Waals surface area contributed by atoms with Gasteiger partial charge in [0, 0.05) is 13.7 Å². The zero-order valence-corrected chi connectivity index (χ0v) is 12.3. The molecule has 1 N–H and O–H groups in total. The molecule has 1 amide bonds. The Labute approximate surface area is 113 Å². The number of aliphatic carboxylic acids is 1. The first-order chi connectivity index (χ1) is 8.68. The van der Waals surface area contributed by atoms with Crippen LogP contribution in [0.3, 0.4) is 0 Å². The average Bonchev–Trinajstić information content (AvgIpc) is 2.20. The van der Waals surface area contributed by atoms with Crippen LogP contribution in [0.4, 0.5) is 0 Å². The lowest BCUT2D eigenvalue weighted by molar-refractivity contribution is -0.143. The lowest BCUT2D eigenvalue weighted by Crippen LogP contribution is -2.41. The third-order valence-electron chi connectivity index (χ3n) is 2.17. The standard InChI is InChI=1S/C11H21NO6S/c1-9(2)7-19(16,17)8-10(13)12(4-5-18-3)6-11(14)15/h9H,4-8H2,1-3H3,(H,14,15). The molecule has 0 aromatic heterocycles. The van der Waals surface area contributed by atoms with Gasteiger partial charge in [0.05, 0.1) is 12.4 Å². The fourth-order valence-electron chi connectivity index (χ4n) is 1.50. The molecule has 0 aliphatic carbocycles. The summed E-state index contributed by atoms with van der Waals surface area (Å²) in [6.45, 7) is 3.16. The van der Waals surface area contributed by atoms with Crippen molar-refractivity contribution in [3.8, 4) is 0 Å². The highest BCUT2D eigenvalue weighted by molar-refractivity contribution is 7.92. The Hall–Kier alpha value is -1.15. The van der Waals surface area contributed by atoms with E-state index in [1.54, 1.807) is 13.8 Å². The zero-order chi connectivity index (χ0) is 15.1. The molecule has 8 heteroatoms. The van der Waals surface area contributed by atoms with Gasteiger partial charge in [-0.2, -0.15) is 0 Å². The Kier molecular flexibility index (Phi) is 7.62. The molecule has 0 aliphatic heterocycles. The van der Waals surface area contributed by atoms with Crippen LogP contribution in [-0.4, -0.2) is 68.6 Å². The lowest BCUT2D eigenvalue weighted by atomic mass is 10.3. The first kappa shape index (κ1) is 17.8. The van der Waals surface area contributed by atoms with Crippen molar-refractivity contribution >= 4 is 21.7 Å². The molecule has 0 radical (unpaired) electrons. The number of carboxylic acids is 1. The summed E-state index contributed by atoms with van der Waals surface area (Å²) in [7, 11) is -2.10. The van der Waals surface area contributed by atoms with Gasteiger partial charge in [-0.25, -0.2) is 8.42 Å². The van der Waals surface area contributed by atoms with Crippen LogP contribution in [0.25, 0.3) is 0 Å². The highest BCUT2D eigenvalue weighted by Gasteiger charge is 2.23. The highest BCUT2D eigenvalue weighted by Crippen LogP contribution is 2.03. The predicted octanol–water partition coefficient (Wildman–Crippen LogP) is -0.383. The molecule has 0 unspecified atom stereocenters. The van der Waals surface area contributed by atoms with Gasteiger partial charge in [-0.3, -0.25) is 9.59 Å². The lowest BCUT2D eigenvalue weighted by Gasteiger charge is -2.20. The SMILES string of the molecule is COCCN(CC(=O)O)C(=O)CS(=O)(=O)CC(C)C. The molecule has 0 spiro atoms. The number of carboxylic acid groups (broad SMARTS) is 1. The van der Waals surface area contributed by atoms with Gasteiger partial charge in [0.15, 0.2) is 9.84 Å². The summed E-state index contributed by atoms with van der Waals surface area (Å²) in [6, 6.07) is 0. The topological polar surface area (TPSA) is 101 Å². The fourth-order valence-corrected chi connectivity index (χ4v) is 3.20. The molecule has 0 saturated carbocycles. The number of hydrogen-bond donors (Lipinski definition) is 1. The van der Waals surface area contributed by atoms with Gasteiger partial charge in [0.25, 0.3) is 0 Å². The third-order valence-corrected chi connectivity index (χ3v) is 4.04. The van der Waals surface area contributed by atoms with Crippen molar-refractivity contribution in [2.24, 2.45) is 5.92 Å². The van der Waals surface area contributed by atoms with Crippen LogP contribution in [0.5, 0.6) is 0 Å². The normalized spacial score (nSPS) is 11.6. The smallest absolute Gasteiger partial charge is 0.323 e. The molecule has 0 aromatic rings. The van der Waals surface area contributed by atoms with Crippen molar-refractivity contribution < 1.29 is 27.9 Å². The van der Waals surface area contributed by atoms with Crippen molar-refractivity contribution in [1.82, 2.24) is 4.90 Å². The molecule has 0 saturated heterocycles. The number of amides is 1. The minimum atomic E-state index is -3.51. The van der Waals surface area contributed by atoms with Gasteiger partial charge in [-0.1, -0.05) is 13.8 Å². The first-order valence-electron chi connectivity index (χ1n) is 5.87. The number of hydrogen-bond acceptors (Lipinski definition) is 5. The van der Waals surface area contributed by atoms with Gasteiger partial charge < -0.3 is 14.7 Å². The van der Waals surface area contributed by atoms with Gasteiger partial charge in [0.2, 0.25) is 5.91 Å². The predicted molar refractivity (Wildman–Crippen MR) is 69.6 cm³/mol. The number of carbonyl (C=O) groups is 2. The molecule has 0 aliphatic rings. The van der Waals surface area contributed by atoms with E-state index < -0.39 is 34.0 Å². The average molecular weight is 295 g/mol.